The first-order chi connectivity index (χ1) is 6.80. The molecule has 1 aromatic rings. The Morgan fingerprint density at radius 1 is 1.53 bits per heavy atom. The van der Waals surface area contributed by atoms with Crippen LogP contribution in [0.3, 0.4) is 0 Å². The maximum atomic E-state index is 13.2. The van der Waals surface area contributed by atoms with Crippen molar-refractivity contribution in [3.63, 3.8) is 0 Å². The fraction of sp³-hybridized carbons (Fsp3) is 0.300. The molecule has 1 aromatic carbocycles. The van der Waals surface area contributed by atoms with E-state index >= 15 is 0 Å². The van der Waals surface area contributed by atoms with E-state index in [1.165, 1.54) is 18.2 Å². The molecule has 0 aromatic heterocycles. The largest absolute Gasteiger partial charge is 0.322 e. The summed E-state index contributed by atoms with van der Waals surface area (Å²) >= 11 is 8.86. The standard InChI is InChI=1S/C10H10BrClFNO/c1-10(2,11)9(15)14-8-5-6(12)3-4-7(8)13/h3-5H,1-2H3,(H,14,15). The smallest absolute Gasteiger partial charge is 0.240 e. The van der Waals surface area contributed by atoms with E-state index in [0.717, 1.165) is 0 Å². The summed E-state index contributed by atoms with van der Waals surface area (Å²) in [5, 5.41) is 2.82. The van der Waals surface area contributed by atoms with Crippen molar-refractivity contribution in [1.82, 2.24) is 0 Å². The van der Waals surface area contributed by atoms with Crippen LogP contribution in [0.15, 0.2) is 18.2 Å². The molecule has 82 valence electrons. The molecule has 2 nitrogen and oxygen atoms in total. The van der Waals surface area contributed by atoms with Crippen LogP contribution in [0.25, 0.3) is 0 Å². The van der Waals surface area contributed by atoms with E-state index in [9.17, 15) is 9.18 Å². The number of hydrogen-bond acceptors (Lipinski definition) is 1. The molecule has 1 amide bonds. The van der Waals surface area contributed by atoms with Gasteiger partial charge in [-0.05, 0) is 32.0 Å². The summed E-state index contributed by atoms with van der Waals surface area (Å²) in [5.74, 6) is -0.840. The molecular weight excluding hydrogens is 284 g/mol. The fourth-order valence-electron chi connectivity index (χ4n) is 0.864. The molecule has 5 heteroatoms. The van der Waals surface area contributed by atoms with Gasteiger partial charge in [-0.15, -0.1) is 0 Å². The number of alkyl halides is 1. The highest BCUT2D eigenvalue weighted by atomic mass is 79.9. The van der Waals surface area contributed by atoms with Crippen molar-refractivity contribution in [3.05, 3.63) is 29.0 Å². The molecular formula is C10H10BrClFNO. The first kappa shape index (κ1) is 12.5. The van der Waals surface area contributed by atoms with Gasteiger partial charge >= 0.3 is 0 Å². The Labute approximate surface area is 101 Å². The lowest BCUT2D eigenvalue weighted by Crippen LogP contribution is -2.31. The van der Waals surface area contributed by atoms with Gasteiger partial charge in [-0.25, -0.2) is 4.39 Å². The van der Waals surface area contributed by atoms with Crippen molar-refractivity contribution in [2.24, 2.45) is 0 Å². The zero-order chi connectivity index (χ0) is 11.6. The fourth-order valence-corrected chi connectivity index (χ4v) is 1.14. The summed E-state index contributed by atoms with van der Waals surface area (Å²) in [7, 11) is 0. The van der Waals surface area contributed by atoms with Crippen LogP contribution in [0, 0.1) is 5.82 Å². The first-order valence-corrected chi connectivity index (χ1v) is 5.43. The minimum Gasteiger partial charge on any atom is -0.322 e. The van der Waals surface area contributed by atoms with Crippen molar-refractivity contribution in [2.75, 3.05) is 5.32 Å². The molecule has 0 saturated carbocycles. The Balaban J connectivity index is 2.90. The highest BCUT2D eigenvalue weighted by molar-refractivity contribution is 9.10. The van der Waals surface area contributed by atoms with Gasteiger partial charge in [0.1, 0.15) is 5.82 Å². The number of hydrogen-bond donors (Lipinski definition) is 1. The summed E-state index contributed by atoms with van der Waals surface area (Å²) in [6, 6.07) is 4.00. The number of amides is 1. The van der Waals surface area contributed by atoms with Gasteiger partial charge in [0.05, 0.1) is 10.0 Å². The normalized spacial score (nSPS) is 11.3. The van der Waals surface area contributed by atoms with Crippen LogP contribution in [-0.4, -0.2) is 10.2 Å². The van der Waals surface area contributed by atoms with Crippen molar-refractivity contribution in [3.8, 4) is 0 Å². The number of carbonyl (C=O) groups is 1. The van der Waals surface area contributed by atoms with Crippen molar-refractivity contribution >= 4 is 39.1 Å². The van der Waals surface area contributed by atoms with Crippen LogP contribution < -0.4 is 5.32 Å². The molecule has 1 N–H and O–H groups in total. The molecule has 1 rings (SSSR count). The molecule has 0 fully saturated rings. The van der Waals surface area contributed by atoms with Crippen LogP contribution in [0.2, 0.25) is 5.02 Å². The van der Waals surface area contributed by atoms with E-state index in [4.69, 9.17) is 11.6 Å². The summed E-state index contributed by atoms with van der Waals surface area (Å²) in [6.45, 7) is 3.34. The van der Waals surface area contributed by atoms with Gasteiger partial charge < -0.3 is 5.32 Å². The van der Waals surface area contributed by atoms with Crippen LogP contribution in [0.1, 0.15) is 13.8 Å². The van der Waals surface area contributed by atoms with Crippen LogP contribution >= 0.6 is 27.5 Å². The molecule has 0 unspecified atom stereocenters. The number of halogens is 3. The first-order valence-electron chi connectivity index (χ1n) is 4.26. The Hall–Kier alpha value is -0.610. The van der Waals surface area contributed by atoms with E-state index in [0.29, 0.717) is 5.02 Å². The number of anilines is 1. The van der Waals surface area contributed by atoms with Crippen molar-refractivity contribution in [1.29, 1.82) is 0 Å². The Morgan fingerprint density at radius 3 is 2.67 bits per heavy atom. The van der Waals surface area contributed by atoms with E-state index in [-0.39, 0.29) is 11.6 Å². The number of carbonyl (C=O) groups excluding carboxylic acids is 1. The summed E-state index contributed by atoms with van der Waals surface area (Å²) in [6.07, 6.45) is 0. The Morgan fingerprint density at radius 2 is 2.13 bits per heavy atom. The zero-order valence-corrected chi connectivity index (χ0v) is 10.6. The third-order valence-corrected chi connectivity index (χ3v) is 2.31. The Kier molecular flexibility index (Phi) is 3.73. The van der Waals surface area contributed by atoms with Crippen molar-refractivity contribution in [2.45, 2.75) is 18.2 Å². The predicted molar refractivity (Wildman–Crippen MR) is 63.0 cm³/mol. The third kappa shape index (κ3) is 3.47. The molecule has 0 aliphatic heterocycles. The topological polar surface area (TPSA) is 29.1 Å². The second-order valence-electron chi connectivity index (χ2n) is 3.55. The highest BCUT2D eigenvalue weighted by Crippen LogP contribution is 2.23. The van der Waals surface area contributed by atoms with Gasteiger partial charge in [0.2, 0.25) is 5.91 Å². The quantitative estimate of drug-likeness (QED) is 0.830. The second-order valence-corrected chi connectivity index (χ2v) is 5.97. The van der Waals surface area contributed by atoms with E-state index in [1.54, 1.807) is 13.8 Å². The van der Waals surface area contributed by atoms with Gasteiger partial charge in [-0.1, -0.05) is 27.5 Å². The van der Waals surface area contributed by atoms with E-state index in [1.807, 2.05) is 0 Å². The molecule has 0 spiro atoms. The minimum absolute atomic E-state index is 0.0834. The van der Waals surface area contributed by atoms with E-state index < -0.39 is 10.1 Å². The maximum absolute atomic E-state index is 13.2. The zero-order valence-electron chi connectivity index (χ0n) is 8.27. The van der Waals surface area contributed by atoms with Crippen LogP contribution in [-0.2, 0) is 4.79 Å². The number of rotatable bonds is 2. The summed E-state index contributed by atoms with van der Waals surface area (Å²) in [5.41, 5.74) is 0.0834. The molecule has 0 aliphatic rings. The van der Waals surface area contributed by atoms with E-state index in [2.05, 4.69) is 21.2 Å². The van der Waals surface area contributed by atoms with Gasteiger partial charge in [0.25, 0.3) is 0 Å². The van der Waals surface area contributed by atoms with Crippen molar-refractivity contribution < 1.29 is 9.18 Å². The highest BCUT2D eigenvalue weighted by Gasteiger charge is 2.24. The molecule has 0 radical (unpaired) electrons. The second kappa shape index (κ2) is 4.49. The molecule has 0 bridgehead atoms. The lowest BCUT2D eigenvalue weighted by molar-refractivity contribution is -0.117. The monoisotopic (exact) mass is 293 g/mol. The van der Waals surface area contributed by atoms with Gasteiger partial charge in [0.15, 0.2) is 0 Å². The number of benzene rings is 1. The average molecular weight is 295 g/mol. The predicted octanol–water partition coefficient (Wildman–Crippen LogP) is 3.59. The van der Waals surface area contributed by atoms with Crippen LogP contribution in [0.4, 0.5) is 10.1 Å². The lowest BCUT2D eigenvalue weighted by atomic mass is 10.2. The maximum Gasteiger partial charge on any atom is 0.240 e. The lowest BCUT2D eigenvalue weighted by Gasteiger charge is -2.16. The summed E-state index contributed by atoms with van der Waals surface area (Å²) in [4.78, 5) is 11.5. The molecule has 0 heterocycles. The molecule has 15 heavy (non-hydrogen) atoms. The Bertz CT molecular complexity index is 389. The van der Waals surface area contributed by atoms with Gasteiger partial charge in [-0.3, -0.25) is 4.79 Å². The number of nitrogens with one attached hydrogen (secondary N) is 1. The van der Waals surface area contributed by atoms with Gasteiger partial charge in [0, 0.05) is 5.02 Å². The average Bonchev–Trinajstić information content (AvgIpc) is 2.09. The minimum atomic E-state index is -0.748. The molecule has 0 aliphatic carbocycles. The molecule has 0 atom stereocenters. The summed E-state index contributed by atoms with van der Waals surface area (Å²) < 4.78 is 12.5. The SMILES string of the molecule is CC(C)(Br)C(=O)Nc1cc(Cl)ccc1F. The molecule has 0 saturated heterocycles. The van der Waals surface area contributed by atoms with Crippen LogP contribution in [0.5, 0.6) is 0 Å². The van der Waals surface area contributed by atoms with Gasteiger partial charge in [-0.2, -0.15) is 0 Å². The third-order valence-electron chi connectivity index (χ3n) is 1.72.